The van der Waals surface area contributed by atoms with Gasteiger partial charge in [0.05, 0.1) is 18.7 Å². The van der Waals surface area contributed by atoms with Crippen molar-refractivity contribution in [3.63, 3.8) is 0 Å². The quantitative estimate of drug-likeness (QED) is 0.750. The van der Waals surface area contributed by atoms with Gasteiger partial charge in [0.25, 0.3) is 0 Å². The second kappa shape index (κ2) is 6.75. The Morgan fingerprint density at radius 1 is 1.38 bits per heavy atom. The number of carbonyl (C=O) groups is 1. The molecule has 0 amide bonds. The molecule has 1 aliphatic carbocycles. The Morgan fingerprint density at radius 3 is 2.81 bits per heavy atom. The predicted molar refractivity (Wildman–Crippen MR) is 83.8 cm³/mol. The van der Waals surface area contributed by atoms with Crippen LogP contribution in [-0.4, -0.2) is 55.2 Å². The zero-order valence-electron chi connectivity index (χ0n) is 12.6. The smallest absolute Gasteiger partial charge is 0.311 e. The summed E-state index contributed by atoms with van der Waals surface area (Å²) in [6, 6.07) is 0. The molecule has 1 saturated heterocycles. The minimum atomic E-state index is -0.191. The van der Waals surface area contributed by atoms with Crippen LogP contribution in [0.25, 0.3) is 0 Å². The molecular weight excluding hydrogens is 286 g/mol. The van der Waals surface area contributed by atoms with Gasteiger partial charge in [0.15, 0.2) is 5.13 Å². The highest BCUT2D eigenvalue weighted by atomic mass is 32.1. The highest BCUT2D eigenvalue weighted by molar-refractivity contribution is 7.13. The van der Waals surface area contributed by atoms with Crippen LogP contribution >= 0.6 is 11.3 Å². The Hall–Kier alpha value is -1.14. The maximum atomic E-state index is 11.5. The van der Waals surface area contributed by atoms with Crippen LogP contribution in [0.2, 0.25) is 0 Å². The molecule has 1 aromatic rings. The lowest BCUT2D eigenvalue weighted by atomic mass is 10.3. The molecule has 1 aromatic heterocycles. The van der Waals surface area contributed by atoms with Crippen LogP contribution in [-0.2, 0) is 16.0 Å². The van der Waals surface area contributed by atoms with Gasteiger partial charge < -0.3 is 9.64 Å². The molecule has 1 aliphatic heterocycles. The average Bonchev–Trinajstić information content (AvgIpc) is 3.17. The number of carbonyl (C=O) groups excluding carboxylic acids is 1. The van der Waals surface area contributed by atoms with Crippen LogP contribution in [0.3, 0.4) is 0 Å². The van der Waals surface area contributed by atoms with Gasteiger partial charge in [-0.1, -0.05) is 0 Å². The highest BCUT2D eigenvalue weighted by Crippen LogP contribution is 2.30. The van der Waals surface area contributed by atoms with Crippen LogP contribution in [0.5, 0.6) is 0 Å². The number of aromatic nitrogens is 1. The van der Waals surface area contributed by atoms with Crippen molar-refractivity contribution in [2.45, 2.75) is 26.2 Å². The van der Waals surface area contributed by atoms with Crippen LogP contribution < -0.4 is 4.90 Å². The summed E-state index contributed by atoms with van der Waals surface area (Å²) in [5.74, 6) is 0.774. The van der Waals surface area contributed by atoms with Gasteiger partial charge in [-0.05, 0) is 25.7 Å². The second-order valence-electron chi connectivity index (χ2n) is 5.83. The van der Waals surface area contributed by atoms with Gasteiger partial charge >= 0.3 is 5.97 Å². The SMILES string of the molecule is CCOC(=O)Cc1csc(N2CCN(CC3CC3)CC2)n1. The lowest BCUT2D eigenvalue weighted by Gasteiger charge is -2.34. The molecular formula is C15H23N3O2S. The first-order valence-corrected chi connectivity index (χ1v) is 8.70. The third kappa shape index (κ3) is 4.17. The largest absolute Gasteiger partial charge is 0.466 e. The summed E-state index contributed by atoms with van der Waals surface area (Å²) in [7, 11) is 0. The number of rotatable bonds is 6. The molecule has 0 bridgehead atoms. The fourth-order valence-electron chi connectivity index (χ4n) is 2.67. The van der Waals surface area contributed by atoms with Crippen molar-refractivity contribution in [2.24, 2.45) is 5.92 Å². The summed E-state index contributed by atoms with van der Waals surface area (Å²) < 4.78 is 4.96. The number of piperazine rings is 1. The van der Waals surface area contributed by atoms with Crippen molar-refractivity contribution in [1.82, 2.24) is 9.88 Å². The lowest BCUT2D eigenvalue weighted by molar-refractivity contribution is -0.142. The molecule has 1 saturated carbocycles. The summed E-state index contributed by atoms with van der Waals surface area (Å²) in [6.07, 6.45) is 3.12. The van der Waals surface area contributed by atoms with Gasteiger partial charge in [0, 0.05) is 38.1 Å². The highest BCUT2D eigenvalue weighted by Gasteiger charge is 2.27. The molecule has 0 radical (unpaired) electrons. The number of esters is 1. The molecule has 6 heteroatoms. The molecule has 2 fully saturated rings. The zero-order chi connectivity index (χ0) is 14.7. The summed E-state index contributed by atoms with van der Waals surface area (Å²) in [5, 5.41) is 3.02. The van der Waals surface area contributed by atoms with Gasteiger partial charge in [-0.3, -0.25) is 9.69 Å². The van der Waals surface area contributed by atoms with E-state index in [-0.39, 0.29) is 12.4 Å². The maximum absolute atomic E-state index is 11.5. The zero-order valence-corrected chi connectivity index (χ0v) is 13.4. The summed E-state index contributed by atoms with van der Waals surface area (Å²) in [5.41, 5.74) is 0.828. The number of anilines is 1. The van der Waals surface area contributed by atoms with Crippen LogP contribution in [0.15, 0.2) is 5.38 Å². The van der Waals surface area contributed by atoms with Crippen molar-refractivity contribution in [3.05, 3.63) is 11.1 Å². The van der Waals surface area contributed by atoms with E-state index in [1.165, 1.54) is 19.4 Å². The first kappa shape index (κ1) is 14.8. The molecule has 0 N–H and O–H groups in total. The second-order valence-corrected chi connectivity index (χ2v) is 6.67. The van der Waals surface area contributed by atoms with Crippen molar-refractivity contribution in [1.29, 1.82) is 0 Å². The number of hydrogen-bond acceptors (Lipinski definition) is 6. The molecule has 2 heterocycles. The normalized spacial score (nSPS) is 19.8. The van der Waals surface area contributed by atoms with Crippen molar-refractivity contribution in [3.8, 4) is 0 Å². The van der Waals surface area contributed by atoms with E-state index in [4.69, 9.17) is 4.74 Å². The third-order valence-electron chi connectivity index (χ3n) is 4.03. The van der Waals surface area contributed by atoms with E-state index >= 15 is 0 Å². The van der Waals surface area contributed by atoms with Gasteiger partial charge in [0.1, 0.15) is 0 Å². The van der Waals surface area contributed by atoms with Crippen LogP contribution in [0.4, 0.5) is 5.13 Å². The molecule has 0 aromatic carbocycles. The average molecular weight is 309 g/mol. The minimum absolute atomic E-state index is 0.191. The molecule has 0 spiro atoms. The monoisotopic (exact) mass is 309 g/mol. The molecule has 5 nitrogen and oxygen atoms in total. The molecule has 116 valence electrons. The van der Waals surface area contributed by atoms with E-state index in [1.807, 2.05) is 12.3 Å². The number of nitrogens with zero attached hydrogens (tertiary/aromatic N) is 3. The van der Waals surface area contributed by atoms with Crippen LogP contribution in [0.1, 0.15) is 25.5 Å². The fourth-order valence-corrected chi connectivity index (χ4v) is 3.55. The summed E-state index contributed by atoms with van der Waals surface area (Å²) >= 11 is 1.63. The Morgan fingerprint density at radius 2 is 2.14 bits per heavy atom. The van der Waals surface area contributed by atoms with E-state index in [2.05, 4.69) is 14.8 Å². The van der Waals surface area contributed by atoms with Gasteiger partial charge in [-0.25, -0.2) is 4.98 Å². The Balaban J connectivity index is 1.48. The summed E-state index contributed by atoms with van der Waals surface area (Å²) in [4.78, 5) is 21.0. The van der Waals surface area contributed by atoms with E-state index < -0.39 is 0 Å². The maximum Gasteiger partial charge on any atom is 0.311 e. The molecule has 0 atom stereocenters. The predicted octanol–water partition coefficient (Wildman–Crippen LogP) is 1.78. The summed E-state index contributed by atoms with van der Waals surface area (Å²) in [6.45, 7) is 7.87. The Kier molecular flexibility index (Phi) is 4.75. The number of ether oxygens (including phenoxy) is 1. The van der Waals surface area contributed by atoms with Crippen molar-refractivity contribution >= 4 is 22.4 Å². The van der Waals surface area contributed by atoms with E-state index in [0.29, 0.717) is 6.61 Å². The first-order valence-electron chi connectivity index (χ1n) is 7.82. The lowest BCUT2D eigenvalue weighted by Crippen LogP contribution is -2.47. The fraction of sp³-hybridized carbons (Fsp3) is 0.733. The molecule has 21 heavy (non-hydrogen) atoms. The van der Waals surface area contributed by atoms with E-state index in [0.717, 1.165) is 42.9 Å². The van der Waals surface area contributed by atoms with E-state index in [9.17, 15) is 4.79 Å². The van der Waals surface area contributed by atoms with Gasteiger partial charge in [-0.15, -0.1) is 11.3 Å². The standard InChI is InChI=1S/C15H23N3O2S/c1-2-20-14(19)9-13-11-21-15(16-13)18-7-5-17(6-8-18)10-12-3-4-12/h11-12H,2-10H2,1H3. The van der Waals surface area contributed by atoms with Crippen molar-refractivity contribution in [2.75, 3.05) is 44.2 Å². The third-order valence-corrected chi connectivity index (χ3v) is 4.98. The topological polar surface area (TPSA) is 45.7 Å². The van der Waals surface area contributed by atoms with Gasteiger partial charge in [-0.2, -0.15) is 0 Å². The first-order chi connectivity index (χ1) is 10.2. The van der Waals surface area contributed by atoms with E-state index in [1.54, 1.807) is 11.3 Å². The number of thiazole rings is 1. The molecule has 2 aliphatic rings. The Bertz CT molecular complexity index is 479. The Labute approximate surface area is 129 Å². The number of hydrogen-bond donors (Lipinski definition) is 0. The van der Waals surface area contributed by atoms with Crippen molar-refractivity contribution < 1.29 is 9.53 Å². The molecule has 0 unspecified atom stereocenters. The molecule has 3 rings (SSSR count). The van der Waals surface area contributed by atoms with Crippen LogP contribution in [0, 0.1) is 5.92 Å². The minimum Gasteiger partial charge on any atom is -0.466 e. The van der Waals surface area contributed by atoms with Gasteiger partial charge in [0.2, 0.25) is 0 Å².